The minimum atomic E-state index is 0.686. The Morgan fingerprint density at radius 2 is 1.83 bits per heavy atom. The van der Waals surface area contributed by atoms with Gasteiger partial charge in [-0.2, -0.15) is 5.10 Å². The molecule has 0 amide bonds. The predicted octanol–water partition coefficient (Wildman–Crippen LogP) is 2.39. The molecule has 0 aromatic carbocycles. The van der Waals surface area contributed by atoms with Crippen LogP contribution in [0.1, 0.15) is 5.69 Å². The van der Waals surface area contributed by atoms with Crippen LogP contribution < -0.4 is 0 Å². The van der Waals surface area contributed by atoms with Gasteiger partial charge in [0.05, 0.1) is 18.4 Å². The van der Waals surface area contributed by atoms with Gasteiger partial charge in [0, 0.05) is 30.4 Å². The summed E-state index contributed by atoms with van der Waals surface area (Å²) >= 11 is 0. The zero-order chi connectivity index (χ0) is 12.2. The van der Waals surface area contributed by atoms with Crippen LogP contribution in [0.3, 0.4) is 0 Å². The monoisotopic (exact) mass is 236 g/mol. The molecule has 3 aromatic rings. The van der Waals surface area contributed by atoms with E-state index in [1.807, 2.05) is 47.4 Å². The van der Waals surface area contributed by atoms with E-state index in [9.17, 15) is 0 Å². The Kier molecular flexibility index (Phi) is 2.84. The van der Waals surface area contributed by atoms with Gasteiger partial charge in [-0.25, -0.2) is 0 Å². The van der Waals surface area contributed by atoms with E-state index < -0.39 is 0 Å². The fraction of sp³-hybridized carbons (Fsp3) is 0.0714. The molecule has 0 fully saturated rings. The van der Waals surface area contributed by atoms with Gasteiger partial charge >= 0.3 is 0 Å². The molecule has 3 rings (SSSR count). The molecule has 0 unspecified atom stereocenters. The van der Waals surface area contributed by atoms with E-state index in [4.69, 9.17) is 0 Å². The number of pyridine rings is 2. The number of nitrogens with zero attached hydrogens (tertiary/aromatic N) is 4. The largest absolute Gasteiger partial charge is 0.266 e. The summed E-state index contributed by atoms with van der Waals surface area (Å²) in [5.41, 5.74) is 3.22. The Morgan fingerprint density at radius 1 is 0.944 bits per heavy atom. The molecule has 0 atom stereocenters. The summed E-state index contributed by atoms with van der Waals surface area (Å²) in [4.78, 5) is 8.29. The first-order valence-corrected chi connectivity index (χ1v) is 5.74. The Labute approximate surface area is 105 Å². The third-order valence-corrected chi connectivity index (χ3v) is 2.70. The van der Waals surface area contributed by atoms with Crippen molar-refractivity contribution in [1.82, 2.24) is 19.7 Å². The lowest BCUT2D eigenvalue weighted by Crippen LogP contribution is -2.01. The van der Waals surface area contributed by atoms with Crippen molar-refractivity contribution in [1.29, 1.82) is 0 Å². The van der Waals surface area contributed by atoms with E-state index in [0.29, 0.717) is 6.54 Å². The number of hydrogen-bond acceptors (Lipinski definition) is 3. The highest BCUT2D eigenvalue weighted by Gasteiger charge is 2.02. The second kappa shape index (κ2) is 4.79. The standard InChI is InChI=1S/C14H12N4/c1-2-6-16-14(3-1)11-18-10-13(9-17-18)12-4-7-15-8-5-12/h1-10H,11H2. The lowest BCUT2D eigenvalue weighted by Gasteiger charge is -1.99. The maximum Gasteiger partial charge on any atom is 0.0831 e. The molecule has 0 spiro atoms. The average molecular weight is 236 g/mol. The van der Waals surface area contributed by atoms with E-state index in [-0.39, 0.29) is 0 Å². The van der Waals surface area contributed by atoms with Crippen LogP contribution in [0, 0.1) is 0 Å². The lowest BCUT2D eigenvalue weighted by atomic mass is 10.1. The third-order valence-electron chi connectivity index (χ3n) is 2.70. The van der Waals surface area contributed by atoms with Crippen LogP contribution in [-0.4, -0.2) is 19.7 Å². The van der Waals surface area contributed by atoms with E-state index in [2.05, 4.69) is 15.1 Å². The zero-order valence-electron chi connectivity index (χ0n) is 9.77. The normalized spacial score (nSPS) is 10.4. The fourth-order valence-corrected chi connectivity index (χ4v) is 1.80. The minimum absolute atomic E-state index is 0.686. The van der Waals surface area contributed by atoms with Crippen LogP contribution in [0.4, 0.5) is 0 Å². The molecule has 0 radical (unpaired) electrons. The number of aromatic nitrogens is 4. The van der Waals surface area contributed by atoms with E-state index >= 15 is 0 Å². The fourth-order valence-electron chi connectivity index (χ4n) is 1.80. The van der Waals surface area contributed by atoms with Gasteiger partial charge in [-0.1, -0.05) is 6.07 Å². The molecular weight excluding hydrogens is 224 g/mol. The van der Waals surface area contributed by atoms with Crippen molar-refractivity contribution in [2.45, 2.75) is 6.54 Å². The minimum Gasteiger partial charge on any atom is -0.266 e. The summed E-state index contributed by atoms with van der Waals surface area (Å²) < 4.78 is 1.89. The van der Waals surface area contributed by atoms with Gasteiger partial charge in [0.25, 0.3) is 0 Å². The molecule has 3 aromatic heterocycles. The van der Waals surface area contributed by atoms with Crippen LogP contribution in [0.2, 0.25) is 0 Å². The summed E-state index contributed by atoms with van der Waals surface area (Å²) in [5, 5.41) is 4.34. The second-order valence-corrected chi connectivity index (χ2v) is 3.98. The molecule has 0 aliphatic carbocycles. The lowest BCUT2D eigenvalue weighted by molar-refractivity contribution is 0.673. The number of hydrogen-bond donors (Lipinski definition) is 0. The van der Waals surface area contributed by atoms with Crippen molar-refractivity contribution in [2.24, 2.45) is 0 Å². The number of rotatable bonds is 3. The quantitative estimate of drug-likeness (QED) is 0.701. The summed E-state index contributed by atoms with van der Waals surface area (Å²) in [7, 11) is 0. The van der Waals surface area contributed by atoms with Gasteiger partial charge in [-0.3, -0.25) is 14.6 Å². The molecule has 4 heteroatoms. The second-order valence-electron chi connectivity index (χ2n) is 3.98. The smallest absolute Gasteiger partial charge is 0.0831 e. The molecular formula is C14H12N4. The van der Waals surface area contributed by atoms with Gasteiger partial charge in [-0.05, 0) is 29.8 Å². The molecule has 18 heavy (non-hydrogen) atoms. The molecule has 4 nitrogen and oxygen atoms in total. The first kappa shape index (κ1) is 10.7. The highest BCUT2D eigenvalue weighted by Crippen LogP contribution is 2.17. The molecule has 0 N–H and O–H groups in total. The molecule has 0 saturated carbocycles. The first-order valence-electron chi connectivity index (χ1n) is 5.74. The SMILES string of the molecule is c1ccc(Cn2cc(-c3ccncc3)cn2)nc1. The van der Waals surface area contributed by atoms with Crippen molar-refractivity contribution in [3.63, 3.8) is 0 Å². The summed E-state index contributed by atoms with van der Waals surface area (Å²) in [6, 6.07) is 9.84. The van der Waals surface area contributed by atoms with Crippen molar-refractivity contribution in [2.75, 3.05) is 0 Å². The molecule has 0 aliphatic heterocycles. The Balaban J connectivity index is 1.82. The van der Waals surface area contributed by atoms with Gasteiger partial charge < -0.3 is 0 Å². The topological polar surface area (TPSA) is 43.6 Å². The highest BCUT2D eigenvalue weighted by molar-refractivity contribution is 5.60. The molecule has 88 valence electrons. The molecule has 0 saturated heterocycles. The van der Waals surface area contributed by atoms with Crippen molar-refractivity contribution in [3.05, 3.63) is 67.0 Å². The van der Waals surface area contributed by atoms with Crippen LogP contribution in [0.5, 0.6) is 0 Å². The van der Waals surface area contributed by atoms with Gasteiger partial charge in [0.15, 0.2) is 0 Å². The highest BCUT2D eigenvalue weighted by atomic mass is 15.3. The maximum atomic E-state index is 4.34. The van der Waals surface area contributed by atoms with Gasteiger partial charge in [0.1, 0.15) is 0 Å². The Morgan fingerprint density at radius 3 is 2.61 bits per heavy atom. The molecule has 3 heterocycles. The third kappa shape index (κ3) is 2.27. The van der Waals surface area contributed by atoms with Crippen LogP contribution in [0.25, 0.3) is 11.1 Å². The summed E-state index contributed by atoms with van der Waals surface area (Å²) in [6.45, 7) is 0.686. The van der Waals surface area contributed by atoms with E-state index in [0.717, 1.165) is 16.8 Å². The maximum absolute atomic E-state index is 4.34. The van der Waals surface area contributed by atoms with Crippen molar-refractivity contribution >= 4 is 0 Å². The average Bonchev–Trinajstić information content (AvgIpc) is 2.89. The molecule has 0 aliphatic rings. The van der Waals surface area contributed by atoms with Crippen LogP contribution >= 0.6 is 0 Å². The van der Waals surface area contributed by atoms with E-state index in [1.54, 1.807) is 18.6 Å². The Hall–Kier alpha value is -2.49. The van der Waals surface area contributed by atoms with Crippen molar-refractivity contribution in [3.8, 4) is 11.1 Å². The molecule has 0 bridgehead atoms. The van der Waals surface area contributed by atoms with Gasteiger partial charge in [0.2, 0.25) is 0 Å². The first-order chi connectivity index (χ1) is 8.92. The van der Waals surface area contributed by atoms with E-state index in [1.165, 1.54) is 0 Å². The summed E-state index contributed by atoms with van der Waals surface area (Å²) in [5.74, 6) is 0. The summed E-state index contributed by atoms with van der Waals surface area (Å²) in [6.07, 6.45) is 9.24. The zero-order valence-corrected chi connectivity index (χ0v) is 9.77. The van der Waals surface area contributed by atoms with Crippen LogP contribution in [0.15, 0.2) is 61.3 Å². The van der Waals surface area contributed by atoms with Gasteiger partial charge in [-0.15, -0.1) is 0 Å². The van der Waals surface area contributed by atoms with Crippen LogP contribution in [-0.2, 0) is 6.54 Å². The Bertz CT molecular complexity index is 617. The predicted molar refractivity (Wildman–Crippen MR) is 68.8 cm³/mol. The van der Waals surface area contributed by atoms with Crippen molar-refractivity contribution < 1.29 is 0 Å².